The summed E-state index contributed by atoms with van der Waals surface area (Å²) >= 11 is 0. The van der Waals surface area contributed by atoms with E-state index < -0.39 is 11.0 Å². The van der Waals surface area contributed by atoms with Gasteiger partial charge in [0, 0.05) is 13.1 Å². The van der Waals surface area contributed by atoms with Crippen molar-refractivity contribution >= 4 is 11.0 Å². The maximum Gasteiger partial charge on any atom is 0.128 e. The highest BCUT2D eigenvalue weighted by atomic mass is 32.2. The van der Waals surface area contributed by atoms with Gasteiger partial charge in [-0.3, -0.25) is 0 Å². The number of methoxy groups -OCH3 is 1. The molecule has 0 radical (unpaired) electrons. The van der Waals surface area contributed by atoms with Crippen molar-refractivity contribution in [3.8, 4) is 5.75 Å². The number of aryl methyl sites for hydroxylation is 2. The summed E-state index contributed by atoms with van der Waals surface area (Å²) in [6, 6.07) is 3.91. The van der Waals surface area contributed by atoms with Crippen molar-refractivity contribution in [1.82, 2.24) is 4.31 Å². The molecule has 1 aliphatic heterocycles. The van der Waals surface area contributed by atoms with Gasteiger partial charge in [-0.15, -0.1) is 0 Å². The van der Waals surface area contributed by atoms with Crippen LogP contribution in [0, 0.1) is 13.8 Å². The highest BCUT2D eigenvalue weighted by Crippen LogP contribution is 2.27. The maximum atomic E-state index is 12.5. The molecule has 0 N–H and O–H groups in total. The molecule has 4 heteroatoms. The molecule has 1 aromatic rings. The Bertz CT molecular complexity index is 416. The van der Waals surface area contributed by atoms with Gasteiger partial charge in [0.05, 0.1) is 12.0 Å². The first kappa shape index (κ1) is 12.6. The number of rotatable bonds is 3. The van der Waals surface area contributed by atoms with Crippen LogP contribution >= 0.6 is 0 Å². The van der Waals surface area contributed by atoms with Gasteiger partial charge in [-0.2, -0.15) is 0 Å². The Balaban J connectivity index is 2.34. The molecular weight excluding hydrogens is 234 g/mol. The minimum Gasteiger partial charge on any atom is -0.497 e. The quantitative estimate of drug-likeness (QED) is 0.828. The Morgan fingerprint density at radius 1 is 1.18 bits per heavy atom. The van der Waals surface area contributed by atoms with E-state index in [9.17, 15) is 4.21 Å². The number of ether oxygens (including phenoxy) is 1. The zero-order chi connectivity index (χ0) is 12.4. The first-order valence-electron chi connectivity index (χ1n) is 5.95. The highest BCUT2D eigenvalue weighted by molar-refractivity contribution is 7.82. The average Bonchev–Trinajstić information content (AvgIpc) is 2.81. The summed E-state index contributed by atoms with van der Waals surface area (Å²) in [7, 11) is 0.644. The second-order valence-corrected chi connectivity index (χ2v) is 5.90. The SMILES string of the molecule is COc1cc(C)c(S(=O)N2CCCC2)c(C)c1. The van der Waals surface area contributed by atoms with E-state index in [0.717, 1.165) is 47.7 Å². The Morgan fingerprint density at radius 2 is 1.71 bits per heavy atom. The van der Waals surface area contributed by atoms with Gasteiger partial charge in [-0.1, -0.05) is 0 Å². The van der Waals surface area contributed by atoms with E-state index >= 15 is 0 Å². The molecule has 1 atom stereocenters. The van der Waals surface area contributed by atoms with Crippen LogP contribution in [0.15, 0.2) is 17.0 Å². The number of hydrogen-bond acceptors (Lipinski definition) is 2. The van der Waals surface area contributed by atoms with Crippen LogP contribution in [0.1, 0.15) is 24.0 Å². The van der Waals surface area contributed by atoms with Gasteiger partial charge in [0.25, 0.3) is 0 Å². The number of hydrogen-bond donors (Lipinski definition) is 0. The molecule has 3 nitrogen and oxygen atoms in total. The predicted molar refractivity (Wildman–Crippen MR) is 69.7 cm³/mol. The summed E-state index contributed by atoms with van der Waals surface area (Å²) in [5.41, 5.74) is 2.10. The zero-order valence-corrected chi connectivity index (χ0v) is 11.5. The lowest BCUT2D eigenvalue weighted by Gasteiger charge is -2.18. The molecule has 1 fully saturated rings. The van der Waals surface area contributed by atoms with Crippen LogP contribution in [-0.2, 0) is 11.0 Å². The van der Waals surface area contributed by atoms with Crippen LogP contribution < -0.4 is 4.74 Å². The Kier molecular flexibility index (Phi) is 3.84. The predicted octanol–water partition coefficient (Wildman–Crippen LogP) is 2.43. The van der Waals surface area contributed by atoms with Crippen LogP contribution in [-0.4, -0.2) is 28.7 Å². The lowest BCUT2D eigenvalue weighted by molar-refractivity contribution is 0.413. The van der Waals surface area contributed by atoms with Gasteiger partial charge >= 0.3 is 0 Å². The average molecular weight is 253 g/mol. The summed E-state index contributed by atoms with van der Waals surface area (Å²) in [6.45, 7) is 5.88. The van der Waals surface area contributed by atoms with E-state index in [-0.39, 0.29) is 0 Å². The first-order chi connectivity index (χ1) is 8.13. The van der Waals surface area contributed by atoms with E-state index in [4.69, 9.17) is 4.74 Å². The minimum absolute atomic E-state index is 0.835. The van der Waals surface area contributed by atoms with Crippen LogP contribution in [0.3, 0.4) is 0 Å². The molecule has 1 saturated heterocycles. The van der Waals surface area contributed by atoms with Crippen molar-refractivity contribution in [2.45, 2.75) is 31.6 Å². The minimum atomic E-state index is -1.01. The number of nitrogens with zero attached hydrogens (tertiary/aromatic N) is 1. The second kappa shape index (κ2) is 5.19. The summed E-state index contributed by atoms with van der Waals surface area (Å²) in [4.78, 5) is 0.952. The Hall–Kier alpha value is -0.870. The lowest BCUT2D eigenvalue weighted by atomic mass is 10.1. The lowest BCUT2D eigenvalue weighted by Crippen LogP contribution is -2.23. The summed E-state index contributed by atoms with van der Waals surface area (Å²) in [5.74, 6) is 0.835. The van der Waals surface area contributed by atoms with Crippen LogP contribution in [0.25, 0.3) is 0 Å². The van der Waals surface area contributed by atoms with Crippen molar-refractivity contribution in [3.05, 3.63) is 23.3 Å². The van der Waals surface area contributed by atoms with Gasteiger partial charge in [0.1, 0.15) is 16.7 Å². The van der Waals surface area contributed by atoms with Gasteiger partial charge in [0.2, 0.25) is 0 Å². The molecule has 1 aliphatic rings. The molecule has 17 heavy (non-hydrogen) atoms. The van der Waals surface area contributed by atoms with E-state index in [2.05, 4.69) is 4.31 Å². The summed E-state index contributed by atoms with van der Waals surface area (Å²) in [5, 5.41) is 0. The molecule has 0 spiro atoms. The Labute approximate surface area is 105 Å². The third-order valence-electron chi connectivity index (χ3n) is 3.14. The normalized spacial score (nSPS) is 18.3. The first-order valence-corrected chi connectivity index (χ1v) is 7.06. The third-order valence-corrected chi connectivity index (χ3v) is 4.97. The van der Waals surface area contributed by atoms with Crippen LogP contribution in [0.2, 0.25) is 0 Å². The third kappa shape index (κ3) is 2.53. The monoisotopic (exact) mass is 253 g/mol. The van der Waals surface area contributed by atoms with Gasteiger partial charge in [0.15, 0.2) is 0 Å². The topological polar surface area (TPSA) is 29.5 Å². The van der Waals surface area contributed by atoms with E-state index in [1.54, 1.807) is 7.11 Å². The molecule has 2 rings (SSSR count). The molecule has 94 valence electrons. The molecule has 0 bridgehead atoms. The van der Waals surface area contributed by atoms with Crippen molar-refractivity contribution in [2.75, 3.05) is 20.2 Å². The molecule has 1 aromatic carbocycles. The fraction of sp³-hybridized carbons (Fsp3) is 0.538. The van der Waals surface area contributed by atoms with Crippen LogP contribution in [0.5, 0.6) is 5.75 Å². The van der Waals surface area contributed by atoms with E-state index in [1.165, 1.54) is 0 Å². The summed E-state index contributed by atoms with van der Waals surface area (Å²) in [6.07, 6.45) is 2.31. The van der Waals surface area contributed by atoms with E-state index in [0.29, 0.717) is 0 Å². The zero-order valence-electron chi connectivity index (χ0n) is 10.7. The van der Waals surface area contributed by atoms with Crippen molar-refractivity contribution in [2.24, 2.45) is 0 Å². The smallest absolute Gasteiger partial charge is 0.128 e. The fourth-order valence-corrected chi connectivity index (χ4v) is 3.80. The van der Waals surface area contributed by atoms with Gasteiger partial charge in [-0.05, 0) is 49.9 Å². The van der Waals surface area contributed by atoms with Crippen molar-refractivity contribution in [3.63, 3.8) is 0 Å². The molecule has 1 unspecified atom stereocenters. The largest absolute Gasteiger partial charge is 0.497 e. The maximum absolute atomic E-state index is 12.5. The molecule has 1 heterocycles. The standard InChI is InChI=1S/C13H19NO2S/c1-10-8-12(16-3)9-11(2)13(10)17(15)14-6-4-5-7-14/h8-9H,4-7H2,1-3H3. The van der Waals surface area contributed by atoms with E-state index in [1.807, 2.05) is 26.0 Å². The summed E-state index contributed by atoms with van der Waals surface area (Å²) < 4.78 is 19.8. The number of benzene rings is 1. The fourth-order valence-electron chi connectivity index (χ4n) is 2.29. The van der Waals surface area contributed by atoms with Crippen molar-refractivity contribution < 1.29 is 8.95 Å². The molecule has 0 amide bonds. The van der Waals surface area contributed by atoms with Gasteiger partial charge < -0.3 is 4.74 Å². The van der Waals surface area contributed by atoms with Crippen LogP contribution in [0.4, 0.5) is 0 Å². The molecule has 0 saturated carbocycles. The Morgan fingerprint density at radius 3 is 2.18 bits per heavy atom. The van der Waals surface area contributed by atoms with Gasteiger partial charge in [-0.25, -0.2) is 8.51 Å². The highest BCUT2D eigenvalue weighted by Gasteiger charge is 2.22. The van der Waals surface area contributed by atoms with Crippen molar-refractivity contribution in [1.29, 1.82) is 0 Å². The second-order valence-electron chi connectivity index (χ2n) is 4.48. The molecule has 0 aliphatic carbocycles. The molecule has 0 aromatic heterocycles. The molecular formula is C13H19NO2S.